The SMILES string of the molecule is O=C(NCCSc1ccc(Cl)cc1)c1ccc(CSc2ccc(Cl)cc2)cc1. The van der Waals surface area contributed by atoms with Crippen LogP contribution in [0.1, 0.15) is 15.9 Å². The maximum absolute atomic E-state index is 12.3. The van der Waals surface area contributed by atoms with E-state index in [1.165, 1.54) is 10.5 Å². The highest BCUT2D eigenvalue weighted by molar-refractivity contribution is 7.99. The molecule has 0 aliphatic rings. The molecule has 6 heteroatoms. The number of nitrogens with one attached hydrogen (secondary N) is 1. The highest BCUT2D eigenvalue weighted by Gasteiger charge is 2.05. The molecular formula is C22H19Cl2NOS2. The Morgan fingerprint density at radius 1 is 0.750 bits per heavy atom. The molecule has 3 aromatic carbocycles. The summed E-state index contributed by atoms with van der Waals surface area (Å²) in [5.41, 5.74) is 1.85. The molecule has 0 saturated heterocycles. The second-order valence-corrected chi connectivity index (χ2v) is 9.09. The lowest BCUT2D eigenvalue weighted by Crippen LogP contribution is -2.25. The molecule has 0 aromatic heterocycles. The van der Waals surface area contributed by atoms with E-state index in [1.54, 1.807) is 23.5 Å². The maximum Gasteiger partial charge on any atom is 0.251 e. The smallest absolute Gasteiger partial charge is 0.251 e. The van der Waals surface area contributed by atoms with Gasteiger partial charge >= 0.3 is 0 Å². The van der Waals surface area contributed by atoms with Crippen molar-refractivity contribution >= 4 is 52.6 Å². The lowest BCUT2D eigenvalue weighted by molar-refractivity contribution is 0.0956. The quantitative estimate of drug-likeness (QED) is 0.303. The Morgan fingerprint density at radius 3 is 1.86 bits per heavy atom. The molecule has 0 fully saturated rings. The Morgan fingerprint density at radius 2 is 1.29 bits per heavy atom. The zero-order chi connectivity index (χ0) is 19.8. The Balaban J connectivity index is 1.41. The third-order valence-corrected chi connectivity index (χ3v) is 6.51. The average molecular weight is 448 g/mol. The Bertz CT molecular complexity index is 897. The van der Waals surface area contributed by atoms with Gasteiger partial charge in [0, 0.05) is 43.5 Å². The first kappa shape index (κ1) is 21.1. The Hall–Kier alpha value is -1.59. The molecule has 28 heavy (non-hydrogen) atoms. The number of thioether (sulfide) groups is 2. The van der Waals surface area contributed by atoms with Crippen molar-refractivity contribution in [3.63, 3.8) is 0 Å². The van der Waals surface area contributed by atoms with Crippen molar-refractivity contribution in [2.75, 3.05) is 12.3 Å². The number of rotatable bonds is 8. The molecule has 0 heterocycles. The summed E-state index contributed by atoms with van der Waals surface area (Å²) in [5, 5.41) is 4.43. The molecule has 0 radical (unpaired) electrons. The summed E-state index contributed by atoms with van der Waals surface area (Å²) in [6.45, 7) is 0.611. The third-order valence-electron chi connectivity index (χ3n) is 3.91. The van der Waals surface area contributed by atoms with E-state index in [-0.39, 0.29) is 5.91 Å². The minimum absolute atomic E-state index is 0.0476. The standard InChI is InChI=1S/C22H19Cl2NOS2/c23-18-5-9-20(10-6-18)27-14-13-25-22(26)17-3-1-16(2-4-17)15-28-21-11-7-19(24)8-12-21/h1-12H,13-15H2,(H,25,26). The molecule has 1 N–H and O–H groups in total. The van der Waals surface area contributed by atoms with Crippen molar-refractivity contribution in [2.45, 2.75) is 15.5 Å². The second kappa shape index (κ2) is 10.8. The minimum atomic E-state index is -0.0476. The van der Waals surface area contributed by atoms with Crippen molar-refractivity contribution in [3.8, 4) is 0 Å². The molecule has 0 aliphatic heterocycles. The van der Waals surface area contributed by atoms with E-state index in [0.717, 1.165) is 26.4 Å². The van der Waals surface area contributed by atoms with Crippen LogP contribution in [0.2, 0.25) is 10.0 Å². The van der Waals surface area contributed by atoms with Gasteiger partial charge in [-0.05, 0) is 66.2 Å². The lowest BCUT2D eigenvalue weighted by atomic mass is 10.1. The predicted octanol–water partition coefficient (Wildman–Crippen LogP) is 6.81. The van der Waals surface area contributed by atoms with Gasteiger partial charge in [0.2, 0.25) is 0 Å². The van der Waals surface area contributed by atoms with E-state index >= 15 is 0 Å². The van der Waals surface area contributed by atoms with Gasteiger partial charge in [-0.1, -0.05) is 35.3 Å². The molecule has 0 aliphatic carbocycles. The molecule has 2 nitrogen and oxygen atoms in total. The van der Waals surface area contributed by atoms with Crippen LogP contribution in [0.25, 0.3) is 0 Å². The molecule has 144 valence electrons. The highest BCUT2D eigenvalue weighted by atomic mass is 35.5. The zero-order valence-corrected chi connectivity index (χ0v) is 18.2. The lowest BCUT2D eigenvalue weighted by Gasteiger charge is -2.07. The second-order valence-electron chi connectivity index (χ2n) is 6.00. The van der Waals surface area contributed by atoms with Crippen LogP contribution in [0.5, 0.6) is 0 Å². The largest absolute Gasteiger partial charge is 0.351 e. The van der Waals surface area contributed by atoms with E-state index in [9.17, 15) is 4.79 Å². The summed E-state index contributed by atoms with van der Waals surface area (Å²) in [6.07, 6.45) is 0. The molecule has 3 rings (SSSR count). The Kier molecular flexibility index (Phi) is 8.16. The van der Waals surface area contributed by atoms with E-state index in [0.29, 0.717) is 12.1 Å². The van der Waals surface area contributed by atoms with E-state index in [4.69, 9.17) is 23.2 Å². The minimum Gasteiger partial charge on any atom is -0.351 e. The fourth-order valence-electron chi connectivity index (χ4n) is 2.42. The van der Waals surface area contributed by atoms with E-state index in [1.807, 2.05) is 72.8 Å². The van der Waals surface area contributed by atoms with Crippen LogP contribution in [0.3, 0.4) is 0 Å². The van der Waals surface area contributed by atoms with Crippen LogP contribution < -0.4 is 5.32 Å². The van der Waals surface area contributed by atoms with Crippen LogP contribution in [0.4, 0.5) is 0 Å². The summed E-state index contributed by atoms with van der Waals surface area (Å²) in [7, 11) is 0. The molecule has 1 amide bonds. The first-order valence-electron chi connectivity index (χ1n) is 8.74. The fraction of sp³-hybridized carbons (Fsp3) is 0.136. The van der Waals surface area contributed by atoms with Crippen LogP contribution in [-0.4, -0.2) is 18.2 Å². The first-order chi connectivity index (χ1) is 13.6. The molecule has 0 saturated carbocycles. The van der Waals surface area contributed by atoms with Crippen LogP contribution in [0.15, 0.2) is 82.6 Å². The van der Waals surface area contributed by atoms with Gasteiger partial charge in [-0.15, -0.1) is 23.5 Å². The normalized spacial score (nSPS) is 10.6. The van der Waals surface area contributed by atoms with Crippen LogP contribution in [0, 0.1) is 0 Å². The predicted molar refractivity (Wildman–Crippen MR) is 122 cm³/mol. The van der Waals surface area contributed by atoms with Gasteiger partial charge in [-0.2, -0.15) is 0 Å². The maximum atomic E-state index is 12.3. The molecule has 0 unspecified atom stereocenters. The molecule has 0 bridgehead atoms. The van der Waals surface area contributed by atoms with Crippen molar-refractivity contribution in [2.24, 2.45) is 0 Å². The fourth-order valence-corrected chi connectivity index (χ4v) is 4.29. The molecule has 0 spiro atoms. The topological polar surface area (TPSA) is 29.1 Å². The monoisotopic (exact) mass is 447 g/mol. The third kappa shape index (κ3) is 6.78. The van der Waals surface area contributed by atoms with Gasteiger partial charge in [-0.3, -0.25) is 4.79 Å². The van der Waals surface area contributed by atoms with Gasteiger partial charge in [0.05, 0.1) is 0 Å². The summed E-state index contributed by atoms with van der Waals surface area (Å²) >= 11 is 15.2. The zero-order valence-electron chi connectivity index (χ0n) is 15.0. The van der Waals surface area contributed by atoms with Gasteiger partial charge in [0.15, 0.2) is 0 Å². The van der Waals surface area contributed by atoms with Gasteiger partial charge in [0.1, 0.15) is 0 Å². The highest BCUT2D eigenvalue weighted by Crippen LogP contribution is 2.24. The molecular weight excluding hydrogens is 429 g/mol. The average Bonchev–Trinajstić information content (AvgIpc) is 2.72. The van der Waals surface area contributed by atoms with Gasteiger partial charge in [-0.25, -0.2) is 0 Å². The summed E-state index contributed by atoms with van der Waals surface area (Å²) < 4.78 is 0. The first-order valence-corrected chi connectivity index (χ1v) is 11.5. The van der Waals surface area contributed by atoms with E-state index in [2.05, 4.69) is 5.32 Å². The van der Waals surface area contributed by atoms with Gasteiger partial charge < -0.3 is 5.32 Å². The van der Waals surface area contributed by atoms with Crippen LogP contribution in [-0.2, 0) is 5.75 Å². The van der Waals surface area contributed by atoms with Crippen molar-refractivity contribution in [1.82, 2.24) is 5.32 Å². The summed E-state index contributed by atoms with van der Waals surface area (Å²) in [6, 6.07) is 23.3. The molecule has 0 atom stereocenters. The number of benzene rings is 3. The van der Waals surface area contributed by atoms with Crippen molar-refractivity contribution < 1.29 is 4.79 Å². The number of amides is 1. The number of hydrogen-bond donors (Lipinski definition) is 1. The number of halogens is 2. The molecule has 3 aromatic rings. The summed E-state index contributed by atoms with van der Waals surface area (Å²) in [4.78, 5) is 14.6. The van der Waals surface area contributed by atoms with Gasteiger partial charge in [0.25, 0.3) is 5.91 Å². The summed E-state index contributed by atoms with van der Waals surface area (Å²) in [5.74, 6) is 1.61. The van der Waals surface area contributed by atoms with Crippen LogP contribution >= 0.6 is 46.7 Å². The van der Waals surface area contributed by atoms with Crippen molar-refractivity contribution in [1.29, 1.82) is 0 Å². The van der Waals surface area contributed by atoms with E-state index < -0.39 is 0 Å². The number of hydrogen-bond acceptors (Lipinski definition) is 3. The Labute approximate surface area is 184 Å². The van der Waals surface area contributed by atoms with Crippen molar-refractivity contribution in [3.05, 3.63) is 94.0 Å². The number of carbonyl (C=O) groups excluding carboxylic acids is 1. The number of carbonyl (C=O) groups is 1.